The summed E-state index contributed by atoms with van der Waals surface area (Å²) in [5, 5.41) is 2.73. The van der Waals surface area contributed by atoms with Crippen molar-refractivity contribution in [3.63, 3.8) is 0 Å². The lowest BCUT2D eigenvalue weighted by molar-refractivity contribution is -0.119. The molecule has 2 aromatic rings. The van der Waals surface area contributed by atoms with E-state index in [1.54, 1.807) is 4.90 Å². The van der Waals surface area contributed by atoms with Crippen LogP contribution in [0.1, 0.15) is 47.7 Å². The molecule has 1 aliphatic heterocycles. The quantitative estimate of drug-likeness (QED) is 0.927. The van der Waals surface area contributed by atoms with Gasteiger partial charge in [-0.3, -0.25) is 14.6 Å². The molecule has 2 aromatic heterocycles. The van der Waals surface area contributed by atoms with Crippen molar-refractivity contribution in [1.82, 2.24) is 20.2 Å². The Bertz CT molecular complexity index is 699. The normalized spacial score (nSPS) is 17.3. The molecule has 0 spiro atoms. The largest absolute Gasteiger partial charge is 0.438 e. The fraction of sp³-hybridized carbons (Fsp3) is 0.375. The molecular formula is C16H18N4O3. The first kappa shape index (κ1) is 15.2. The molecule has 0 aromatic carbocycles. The summed E-state index contributed by atoms with van der Waals surface area (Å²) < 4.78 is 5.11. The van der Waals surface area contributed by atoms with Gasteiger partial charge >= 0.3 is 0 Å². The monoisotopic (exact) mass is 314 g/mol. The lowest BCUT2D eigenvalue weighted by atomic mass is 10.1. The van der Waals surface area contributed by atoms with E-state index in [0.29, 0.717) is 13.1 Å². The van der Waals surface area contributed by atoms with Crippen molar-refractivity contribution in [2.45, 2.75) is 32.4 Å². The van der Waals surface area contributed by atoms with Gasteiger partial charge in [-0.2, -0.15) is 0 Å². The number of pyridine rings is 1. The summed E-state index contributed by atoms with van der Waals surface area (Å²) in [7, 11) is 0. The van der Waals surface area contributed by atoms with E-state index in [-0.39, 0.29) is 23.6 Å². The fourth-order valence-corrected chi connectivity index (χ4v) is 2.78. The highest BCUT2D eigenvalue weighted by molar-refractivity contribution is 5.91. The number of aromatic nitrogens is 2. The van der Waals surface area contributed by atoms with Gasteiger partial charge in [-0.05, 0) is 25.0 Å². The molecule has 0 aliphatic carbocycles. The van der Waals surface area contributed by atoms with Crippen LogP contribution in [0.3, 0.4) is 0 Å². The lowest BCUT2D eigenvalue weighted by Crippen LogP contribution is -2.31. The van der Waals surface area contributed by atoms with Crippen LogP contribution in [0, 0.1) is 0 Å². The van der Waals surface area contributed by atoms with Crippen LogP contribution < -0.4 is 5.32 Å². The smallest absolute Gasteiger partial charge is 0.291 e. The van der Waals surface area contributed by atoms with Gasteiger partial charge in [0.05, 0.1) is 30.2 Å². The first-order chi connectivity index (χ1) is 11.1. The number of amides is 2. The van der Waals surface area contributed by atoms with Crippen molar-refractivity contribution in [2.75, 3.05) is 6.54 Å². The summed E-state index contributed by atoms with van der Waals surface area (Å²) in [6.07, 6.45) is 4.46. The Labute approximate surface area is 133 Å². The maximum Gasteiger partial charge on any atom is 0.291 e. The Kier molecular flexibility index (Phi) is 4.36. The molecule has 0 bridgehead atoms. The van der Waals surface area contributed by atoms with Gasteiger partial charge in [0.25, 0.3) is 5.91 Å². The molecule has 1 fully saturated rings. The predicted molar refractivity (Wildman–Crippen MR) is 81.3 cm³/mol. The van der Waals surface area contributed by atoms with Gasteiger partial charge in [0.2, 0.25) is 11.7 Å². The third kappa shape index (κ3) is 3.39. The van der Waals surface area contributed by atoms with Crippen LogP contribution in [0.5, 0.6) is 0 Å². The number of nitrogens with zero attached hydrogens (tertiary/aromatic N) is 3. The lowest BCUT2D eigenvalue weighted by Gasteiger charge is -2.23. The number of rotatable bonds is 4. The second-order valence-corrected chi connectivity index (χ2v) is 5.49. The number of hydrogen-bond donors (Lipinski definition) is 1. The second kappa shape index (κ2) is 6.60. The highest BCUT2D eigenvalue weighted by Crippen LogP contribution is 2.32. The van der Waals surface area contributed by atoms with E-state index in [1.807, 2.05) is 18.2 Å². The topological polar surface area (TPSA) is 88.3 Å². The molecule has 0 saturated carbocycles. The van der Waals surface area contributed by atoms with Crippen molar-refractivity contribution >= 4 is 11.8 Å². The molecule has 7 nitrogen and oxygen atoms in total. The first-order valence-corrected chi connectivity index (χ1v) is 7.55. The zero-order chi connectivity index (χ0) is 16.2. The Morgan fingerprint density at radius 2 is 2.30 bits per heavy atom. The highest BCUT2D eigenvalue weighted by atomic mass is 16.3. The Morgan fingerprint density at radius 1 is 1.43 bits per heavy atom. The second-order valence-electron chi connectivity index (χ2n) is 5.49. The van der Waals surface area contributed by atoms with Crippen molar-refractivity contribution in [3.8, 4) is 0 Å². The minimum Gasteiger partial charge on any atom is -0.438 e. The van der Waals surface area contributed by atoms with Gasteiger partial charge in [-0.15, -0.1) is 0 Å². The molecule has 1 atom stereocenters. The van der Waals surface area contributed by atoms with Crippen LogP contribution in [-0.4, -0.2) is 33.2 Å². The molecule has 7 heteroatoms. The van der Waals surface area contributed by atoms with Gasteiger partial charge in [0.15, 0.2) is 6.39 Å². The highest BCUT2D eigenvalue weighted by Gasteiger charge is 2.32. The Balaban J connectivity index is 1.78. The van der Waals surface area contributed by atoms with E-state index in [0.717, 1.165) is 24.2 Å². The summed E-state index contributed by atoms with van der Waals surface area (Å²) in [5.41, 5.74) is 1.61. The minimum atomic E-state index is -0.168. The standard InChI is InChI=1S/C16H18N4O3/c1-11(21)18-8-12-4-2-5-13(19-12)14-6-3-7-20(14)16(22)15-9-17-10-23-15/h2,4-5,9-10,14H,3,6-8H2,1H3,(H,18,21). The predicted octanol–water partition coefficient (Wildman–Crippen LogP) is 1.68. The number of carbonyl (C=O) groups excluding carboxylic acids is 2. The van der Waals surface area contributed by atoms with E-state index in [9.17, 15) is 9.59 Å². The minimum absolute atomic E-state index is 0.0788. The summed E-state index contributed by atoms with van der Waals surface area (Å²) in [6.45, 7) is 2.52. The molecule has 1 unspecified atom stereocenters. The fourth-order valence-electron chi connectivity index (χ4n) is 2.78. The zero-order valence-corrected chi connectivity index (χ0v) is 12.9. The molecule has 3 rings (SSSR count). The molecule has 3 heterocycles. The van der Waals surface area contributed by atoms with Gasteiger partial charge in [0, 0.05) is 13.5 Å². The molecule has 1 N–H and O–H groups in total. The molecule has 23 heavy (non-hydrogen) atoms. The Morgan fingerprint density at radius 3 is 3.04 bits per heavy atom. The van der Waals surface area contributed by atoms with E-state index in [4.69, 9.17) is 4.42 Å². The van der Waals surface area contributed by atoms with Crippen LogP contribution in [0.4, 0.5) is 0 Å². The number of oxazole rings is 1. The average Bonchev–Trinajstić information content (AvgIpc) is 3.23. The van der Waals surface area contributed by atoms with Crippen LogP contribution in [0.2, 0.25) is 0 Å². The van der Waals surface area contributed by atoms with Crippen LogP contribution in [0.15, 0.2) is 35.2 Å². The maximum atomic E-state index is 12.5. The van der Waals surface area contributed by atoms with Gasteiger partial charge in [0.1, 0.15) is 0 Å². The van der Waals surface area contributed by atoms with Gasteiger partial charge in [-0.25, -0.2) is 4.98 Å². The number of nitrogens with one attached hydrogen (secondary N) is 1. The van der Waals surface area contributed by atoms with E-state index >= 15 is 0 Å². The van der Waals surface area contributed by atoms with Crippen LogP contribution in [0.25, 0.3) is 0 Å². The summed E-state index contributed by atoms with van der Waals surface area (Å²) in [4.78, 5) is 33.7. The number of carbonyl (C=O) groups is 2. The van der Waals surface area contributed by atoms with E-state index in [1.165, 1.54) is 19.5 Å². The molecule has 1 aliphatic rings. The Hall–Kier alpha value is -2.70. The van der Waals surface area contributed by atoms with Gasteiger partial charge < -0.3 is 14.6 Å². The van der Waals surface area contributed by atoms with Crippen LogP contribution in [-0.2, 0) is 11.3 Å². The van der Waals surface area contributed by atoms with Crippen LogP contribution >= 0.6 is 0 Å². The summed E-state index contributed by atoms with van der Waals surface area (Å²) in [5.74, 6) is -0.0226. The first-order valence-electron chi connectivity index (χ1n) is 7.55. The summed E-state index contributed by atoms with van der Waals surface area (Å²) >= 11 is 0. The zero-order valence-electron chi connectivity index (χ0n) is 12.9. The van der Waals surface area contributed by atoms with Crippen molar-refractivity contribution in [3.05, 3.63) is 47.9 Å². The SMILES string of the molecule is CC(=O)NCc1cccc(C2CCCN2C(=O)c2cnco2)n1. The van der Waals surface area contributed by atoms with E-state index < -0.39 is 0 Å². The third-order valence-corrected chi connectivity index (χ3v) is 3.84. The van der Waals surface area contributed by atoms with E-state index in [2.05, 4.69) is 15.3 Å². The molecule has 0 radical (unpaired) electrons. The third-order valence-electron chi connectivity index (χ3n) is 3.84. The van der Waals surface area contributed by atoms with Crippen molar-refractivity contribution in [2.24, 2.45) is 0 Å². The summed E-state index contributed by atoms with van der Waals surface area (Å²) in [6, 6.07) is 5.59. The maximum absolute atomic E-state index is 12.5. The number of likely N-dealkylation sites (tertiary alicyclic amines) is 1. The molecule has 120 valence electrons. The molecular weight excluding hydrogens is 296 g/mol. The molecule has 2 amide bonds. The van der Waals surface area contributed by atoms with Gasteiger partial charge in [-0.1, -0.05) is 6.07 Å². The molecule has 1 saturated heterocycles. The van der Waals surface area contributed by atoms with Crippen molar-refractivity contribution < 1.29 is 14.0 Å². The average molecular weight is 314 g/mol. The number of hydrogen-bond acceptors (Lipinski definition) is 5. The van der Waals surface area contributed by atoms with Crippen molar-refractivity contribution in [1.29, 1.82) is 0 Å².